The van der Waals surface area contributed by atoms with Gasteiger partial charge in [0.2, 0.25) is 0 Å². The molecule has 0 amide bonds. The Hall–Kier alpha value is -0.590. The summed E-state index contributed by atoms with van der Waals surface area (Å²) in [7, 11) is 0. The molecule has 1 rings (SSSR count). The average molecular weight is 465 g/mol. The monoisotopic (exact) mass is 463 g/mol. The number of phenolic OH excluding ortho intramolecular Hbond substituents is 1. The molecule has 0 saturated heterocycles. The van der Waals surface area contributed by atoms with Crippen LogP contribution in [0.25, 0.3) is 0 Å². The van der Waals surface area contributed by atoms with E-state index >= 15 is 0 Å². The molecule has 136 valence electrons. The highest BCUT2D eigenvalue weighted by atomic mass is 79.9. The first-order valence-corrected chi connectivity index (χ1v) is 10.2. The molecule has 0 aliphatic rings. The number of halogens is 2. The van der Waals surface area contributed by atoms with Crippen molar-refractivity contribution in [3.8, 4) is 5.75 Å². The van der Waals surface area contributed by atoms with Gasteiger partial charge in [-0.05, 0) is 47.4 Å². The van der Waals surface area contributed by atoms with Crippen LogP contribution in [-0.2, 0) is 11.3 Å². The molecule has 1 aromatic carbocycles. The Morgan fingerprint density at radius 1 is 0.958 bits per heavy atom. The zero-order valence-electron chi connectivity index (χ0n) is 14.0. The topological polar surface area (TPSA) is 69.6 Å². The molecular weight excluding hydrogens is 438 g/mol. The smallest absolute Gasteiger partial charge is 0.303 e. The standard InChI is InChI=1S/C18H27Br2NO3/c19-15-11-14(18(24)16(20)12-15)13-21-10-8-6-4-2-1-3-5-7-9-17(22)23/h11-12,21,24H,1-10,13H2,(H,22,23). The Kier molecular flexibility index (Phi) is 11.4. The Morgan fingerprint density at radius 3 is 2.17 bits per heavy atom. The van der Waals surface area contributed by atoms with Gasteiger partial charge in [0.15, 0.2) is 0 Å². The van der Waals surface area contributed by atoms with Crippen LogP contribution < -0.4 is 5.32 Å². The molecule has 3 N–H and O–H groups in total. The number of aromatic hydroxyl groups is 1. The van der Waals surface area contributed by atoms with Crippen LogP contribution in [0.1, 0.15) is 63.4 Å². The van der Waals surface area contributed by atoms with Crippen molar-refractivity contribution >= 4 is 37.8 Å². The fourth-order valence-corrected chi connectivity index (χ4v) is 3.88. The van der Waals surface area contributed by atoms with Crippen LogP contribution in [0.4, 0.5) is 0 Å². The van der Waals surface area contributed by atoms with Gasteiger partial charge in [0.05, 0.1) is 4.47 Å². The molecule has 0 aromatic heterocycles. The summed E-state index contributed by atoms with van der Waals surface area (Å²) in [5.74, 6) is -0.389. The quantitative estimate of drug-likeness (QED) is 0.332. The van der Waals surface area contributed by atoms with E-state index in [4.69, 9.17) is 5.11 Å². The Morgan fingerprint density at radius 2 is 1.54 bits per heavy atom. The Balaban J connectivity index is 1.97. The van der Waals surface area contributed by atoms with E-state index < -0.39 is 5.97 Å². The molecule has 0 aliphatic heterocycles. The number of hydrogen-bond donors (Lipinski definition) is 3. The molecule has 0 heterocycles. The fourth-order valence-electron chi connectivity index (χ4n) is 2.56. The third kappa shape index (κ3) is 9.64. The third-order valence-electron chi connectivity index (χ3n) is 3.92. The van der Waals surface area contributed by atoms with E-state index in [-0.39, 0.29) is 0 Å². The fraction of sp³-hybridized carbons (Fsp3) is 0.611. The SMILES string of the molecule is O=C(O)CCCCCCCCCCNCc1cc(Br)cc(Br)c1O. The first kappa shape index (κ1) is 21.5. The van der Waals surface area contributed by atoms with Crippen molar-refractivity contribution in [1.29, 1.82) is 0 Å². The normalized spacial score (nSPS) is 10.9. The minimum absolute atomic E-state index is 0.300. The summed E-state index contributed by atoms with van der Waals surface area (Å²) >= 11 is 6.77. The molecule has 0 spiro atoms. The second-order valence-electron chi connectivity index (χ2n) is 6.04. The van der Waals surface area contributed by atoms with Gasteiger partial charge >= 0.3 is 5.97 Å². The maximum absolute atomic E-state index is 10.4. The molecule has 0 atom stereocenters. The number of unbranched alkanes of at least 4 members (excludes halogenated alkanes) is 7. The van der Waals surface area contributed by atoms with Crippen LogP contribution in [-0.4, -0.2) is 22.7 Å². The minimum Gasteiger partial charge on any atom is -0.506 e. The summed E-state index contributed by atoms with van der Waals surface area (Å²) in [5.41, 5.74) is 0.887. The number of nitrogens with one attached hydrogen (secondary N) is 1. The van der Waals surface area contributed by atoms with Gasteiger partial charge in [-0.1, -0.05) is 54.5 Å². The van der Waals surface area contributed by atoms with Gasteiger partial charge in [0, 0.05) is 23.0 Å². The summed E-state index contributed by atoms with van der Waals surface area (Å²) in [6, 6.07) is 3.76. The van der Waals surface area contributed by atoms with E-state index in [1.807, 2.05) is 12.1 Å². The van der Waals surface area contributed by atoms with E-state index in [0.717, 1.165) is 42.3 Å². The Labute approximate surface area is 161 Å². The lowest BCUT2D eigenvalue weighted by molar-refractivity contribution is -0.137. The molecule has 0 bridgehead atoms. The summed E-state index contributed by atoms with van der Waals surface area (Å²) in [4.78, 5) is 10.4. The van der Waals surface area contributed by atoms with Crippen molar-refractivity contribution in [2.75, 3.05) is 6.54 Å². The van der Waals surface area contributed by atoms with E-state index in [0.29, 0.717) is 23.2 Å². The van der Waals surface area contributed by atoms with Gasteiger partial charge in [-0.3, -0.25) is 4.79 Å². The van der Waals surface area contributed by atoms with Gasteiger partial charge in [-0.15, -0.1) is 0 Å². The highest BCUT2D eigenvalue weighted by molar-refractivity contribution is 9.11. The van der Waals surface area contributed by atoms with Crippen molar-refractivity contribution in [2.45, 2.75) is 64.3 Å². The zero-order valence-corrected chi connectivity index (χ0v) is 17.2. The number of carboxylic acids is 1. The molecule has 0 fully saturated rings. The number of aliphatic carboxylic acids is 1. The minimum atomic E-state index is -0.689. The van der Waals surface area contributed by atoms with Crippen LogP contribution in [0.15, 0.2) is 21.1 Å². The highest BCUT2D eigenvalue weighted by Crippen LogP contribution is 2.31. The van der Waals surface area contributed by atoms with Crippen molar-refractivity contribution < 1.29 is 15.0 Å². The van der Waals surface area contributed by atoms with Gasteiger partial charge in [0.25, 0.3) is 0 Å². The number of phenols is 1. The van der Waals surface area contributed by atoms with Gasteiger partial charge in [-0.2, -0.15) is 0 Å². The molecular formula is C18H27Br2NO3. The molecule has 6 heteroatoms. The third-order valence-corrected chi connectivity index (χ3v) is 4.98. The second-order valence-corrected chi connectivity index (χ2v) is 7.81. The lowest BCUT2D eigenvalue weighted by Gasteiger charge is -2.09. The number of carboxylic acid groups (broad SMARTS) is 1. The molecule has 24 heavy (non-hydrogen) atoms. The van der Waals surface area contributed by atoms with E-state index in [1.54, 1.807) is 0 Å². The van der Waals surface area contributed by atoms with Crippen LogP contribution in [0.5, 0.6) is 5.75 Å². The van der Waals surface area contributed by atoms with Crippen LogP contribution >= 0.6 is 31.9 Å². The van der Waals surface area contributed by atoms with Gasteiger partial charge in [0.1, 0.15) is 5.75 Å². The van der Waals surface area contributed by atoms with Crippen molar-refractivity contribution in [3.05, 3.63) is 26.6 Å². The first-order valence-electron chi connectivity index (χ1n) is 8.60. The summed E-state index contributed by atoms with van der Waals surface area (Å²) in [6.07, 6.45) is 9.27. The molecule has 4 nitrogen and oxygen atoms in total. The van der Waals surface area contributed by atoms with E-state index in [1.165, 1.54) is 25.7 Å². The second kappa shape index (κ2) is 12.7. The predicted molar refractivity (Wildman–Crippen MR) is 104 cm³/mol. The maximum atomic E-state index is 10.4. The molecule has 0 radical (unpaired) electrons. The number of rotatable bonds is 13. The zero-order chi connectivity index (χ0) is 17.8. The molecule has 1 aromatic rings. The lowest BCUT2D eigenvalue weighted by Crippen LogP contribution is -2.14. The van der Waals surface area contributed by atoms with Gasteiger partial charge in [-0.25, -0.2) is 0 Å². The number of benzene rings is 1. The summed E-state index contributed by atoms with van der Waals surface area (Å²) in [5, 5.41) is 21.9. The first-order chi connectivity index (χ1) is 11.5. The molecule has 0 aliphatic carbocycles. The molecule has 0 saturated carbocycles. The van der Waals surface area contributed by atoms with E-state index in [9.17, 15) is 9.90 Å². The number of hydrogen-bond acceptors (Lipinski definition) is 3. The lowest BCUT2D eigenvalue weighted by atomic mass is 10.1. The summed E-state index contributed by atoms with van der Waals surface area (Å²) in [6.45, 7) is 1.61. The number of carbonyl (C=O) groups is 1. The largest absolute Gasteiger partial charge is 0.506 e. The maximum Gasteiger partial charge on any atom is 0.303 e. The molecule has 0 unspecified atom stereocenters. The highest BCUT2D eigenvalue weighted by Gasteiger charge is 2.06. The average Bonchev–Trinajstić information content (AvgIpc) is 2.52. The van der Waals surface area contributed by atoms with Crippen LogP contribution in [0.3, 0.4) is 0 Å². The predicted octanol–water partition coefficient (Wildman–Crippen LogP) is 5.60. The Bertz CT molecular complexity index is 509. The van der Waals surface area contributed by atoms with Crippen molar-refractivity contribution in [2.24, 2.45) is 0 Å². The summed E-state index contributed by atoms with van der Waals surface area (Å²) < 4.78 is 1.66. The van der Waals surface area contributed by atoms with Crippen molar-refractivity contribution in [1.82, 2.24) is 5.32 Å². The van der Waals surface area contributed by atoms with Crippen LogP contribution in [0.2, 0.25) is 0 Å². The van der Waals surface area contributed by atoms with Gasteiger partial charge < -0.3 is 15.5 Å². The van der Waals surface area contributed by atoms with Crippen molar-refractivity contribution in [3.63, 3.8) is 0 Å². The van der Waals surface area contributed by atoms with E-state index in [2.05, 4.69) is 37.2 Å². The van der Waals surface area contributed by atoms with Crippen LogP contribution in [0, 0.1) is 0 Å².